The van der Waals surface area contributed by atoms with E-state index in [0.717, 1.165) is 31.4 Å². The van der Waals surface area contributed by atoms with Crippen LogP contribution in [0, 0.1) is 0 Å². The molecule has 2 heterocycles. The number of benzene rings is 1. The predicted octanol–water partition coefficient (Wildman–Crippen LogP) is 4.48. The van der Waals surface area contributed by atoms with Crippen LogP contribution in [0.5, 0.6) is 0 Å². The molecular weight excluding hydrogens is 371 g/mol. The minimum absolute atomic E-state index is 0.160. The predicted molar refractivity (Wildman–Crippen MR) is 98.7 cm³/mol. The molecule has 0 bridgehead atoms. The zero-order chi connectivity index (χ0) is 20.3. The molecule has 1 amide bonds. The smallest absolute Gasteiger partial charge is 0.355 e. The minimum atomic E-state index is -4.41. The molecule has 3 rings (SSSR count). The maximum atomic E-state index is 12.9. The molecule has 5 nitrogen and oxygen atoms in total. The summed E-state index contributed by atoms with van der Waals surface area (Å²) in [5.41, 5.74) is 0.523. The molecule has 2 aromatic rings. The van der Waals surface area contributed by atoms with Gasteiger partial charge in [0.25, 0.3) is 5.91 Å². The highest BCUT2D eigenvalue weighted by atomic mass is 19.4. The molecule has 1 N–H and O–H groups in total. The molecule has 8 heteroatoms. The van der Waals surface area contributed by atoms with E-state index in [4.69, 9.17) is 4.52 Å². The first-order valence-corrected chi connectivity index (χ1v) is 9.46. The number of hydrogen-bond acceptors (Lipinski definition) is 4. The molecular formula is C20H24F3N3O2. The van der Waals surface area contributed by atoms with Crippen LogP contribution in [0.3, 0.4) is 0 Å². The standard InChI is InChI=1S/C20H24F3N3O2/c1-13(2)24-12-16-17(19(27)26-10-4-3-5-11-26)25-28-18(16)14-6-8-15(9-7-14)20(21,22)23/h6-9,13,24H,3-5,10-12H2,1-2H3. The third kappa shape index (κ3) is 4.55. The van der Waals surface area contributed by atoms with Gasteiger partial charge < -0.3 is 14.7 Å². The van der Waals surface area contributed by atoms with Gasteiger partial charge in [0.05, 0.1) is 5.56 Å². The monoisotopic (exact) mass is 395 g/mol. The maximum absolute atomic E-state index is 12.9. The Kier molecular flexibility index (Phi) is 6.07. The number of nitrogens with zero attached hydrogens (tertiary/aromatic N) is 2. The highest BCUT2D eigenvalue weighted by Crippen LogP contribution is 2.33. The van der Waals surface area contributed by atoms with Crippen molar-refractivity contribution in [1.82, 2.24) is 15.4 Å². The molecule has 0 spiro atoms. The molecule has 1 fully saturated rings. The van der Waals surface area contributed by atoms with E-state index in [2.05, 4.69) is 10.5 Å². The van der Waals surface area contributed by atoms with E-state index in [1.54, 1.807) is 4.90 Å². The van der Waals surface area contributed by atoms with Crippen molar-refractivity contribution >= 4 is 5.91 Å². The summed E-state index contributed by atoms with van der Waals surface area (Å²) in [6.45, 7) is 5.64. The Morgan fingerprint density at radius 1 is 1.18 bits per heavy atom. The SMILES string of the molecule is CC(C)NCc1c(C(=O)N2CCCCC2)noc1-c1ccc(C(F)(F)F)cc1. The Balaban J connectivity index is 1.94. The van der Waals surface area contributed by atoms with Gasteiger partial charge in [-0.2, -0.15) is 13.2 Å². The number of carbonyl (C=O) groups is 1. The van der Waals surface area contributed by atoms with E-state index in [1.165, 1.54) is 12.1 Å². The normalized spacial score (nSPS) is 15.3. The number of alkyl halides is 3. The Labute approximate surface area is 161 Å². The van der Waals surface area contributed by atoms with Crippen molar-refractivity contribution in [1.29, 1.82) is 0 Å². The molecule has 1 aromatic carbocycles. The van der Waals surface area contributed by atoms with Gasteiger partial charge >= 0.3 is 6.18 Å². The zero-order valence-electron chi connectivity index (χ0n) is 16.0. The lowest BCUT2D eigenvalue weighted by Gasteiger charge is -2.26. The number of piperidine rings is 1. The average molecular weight is 395 g/mol. The first-order valence-electron chi connectivity index (χ1n) is 9.46. The molecule has 1 aliphatic heterocycles. The van der Waals surface area contributed by atoms with Crippen molar-refractivity contribution in [2.75, 3.05) is 13.1 Å². The van der Waals surface area contributed by atoms with E-state index in [9.17, 15) is 18.0 Å². The fraction of sp³-hybridized carbons (Fsp3) is 0.500. The lowest BCUT2D eigenvalue weighted by molar-refractivity contribution is -0.137. The molecule has 1 aliphatic rings. The number of aromatic nitrogens is 1. The van der Waals surface area contributed by atoms with E-state index in [-0.39, 0.29) is 17.6 Å². The van der Waals surface area contributed by atoms with E-state index in [0.29, 0.717) is 36.5 Å². The number of hydrogen-bond donors (Lipinski definition) is 1. The van der Waals surface area contributed by atoms with Gasteiger partial charge in [-0.25, -0.2) is 0 Å². The summed E-state index contributed by atoms with van der Waals surface area (Å²) in [4.78, 5) is 14.7. The Hall–Kier alpha value is -2.35. The van der Waals surface area contributed by atoms with Gasteiger partial charge in [-0.15, -0.1) is 0 Å². The van der Waals surface area contributed by atoms with Crippen molar-refractivity contribution in [2.24, 2.45) is 0 Å². The first kappa shape index (κ1) is 20.4. The van der Waals surface area contributed by atoms with Gasteiger partial charge in [0.15, 0.2) is 11.5 Å². The van der Waals surface area contributed by atoms with Crippen LogP contribution >= 0.6 is 0 Å². The van der Waals surface area contributed by atoms with Crippen LogP contribution in [0.2, 0.25) is 0 Å². The summed E-state index contributed by atoms with van der Waals surface area (Å²) >= 11 is 0. The van der Waals surface area contributed by atoms with Crippen molar-refractivity contribution < 1.29 is 22.5 Å². The van der Waals surface area contributed by atoms with E-state index in [1.807, 2.05) is 13.8 Å². The van der Waals surface area contributed by atoms with Crippen LogP contribution in [0.1, 0.15) is 54.7 Å². The molecule has 0 unspecified atom stereocenters. The largest absolute Gasteiger partial charge is 0.416 e. The van der Waals surface area contributed by atoms with Gasteiger partial charge in [-0.3, -0.25) is 4.79 Å². The number of amides is 1. The molecule has 28 heavy (non-hydrogen) atoms. The number of nitrogens with one attached hydrogen (secondary N) is 1. The molecule has 0 radical (unpaired) electrons. The Morgan fingerprint density at radius 2 is 1.82 bits per heavy atom. The zero-order valence-corrected chi connectivity index (χ0v) is 16.0. The third-order valence-electron chi connectivity index (χ3n) is 4.80. The fourth-order valence-electron chi connectivity index (χ4n) is 3.23. The van der Waals surface area contributed by atoms with Crippen LogP contribution in [0.25, 0.3) is 11.3 Å². The molecule has 0 atom stereocenters. The molecule has 0 aliphatic carbocycles. The molecule has 1 saturated heterocycles. The van der Waals surface area contributed by atoms with Gasteiger partial charge in [0.1, 0.15) is 0 Å². The summed E-state index contributed by atoms with van der Waals surface area (Å²) in [7, 11) is 0. The van der Waals surface area contributed by atoms with Crippen molar-refractivity contribution in [3.05, 3.63) is 41.1 Å². The van der Waals surface area contributed by atoms with Crippen LogP contribution in [0.15, 0.2) is 28.8 Å². The summed E-state index contributed by atoms with van der Waals surface area (Å²) < 4.78 is 43.9. The second-order valence-electron chi connectivity index (χ2n) is 7.30. The summed E-state index contributed by atoms with van der Waals surface area (Å²) in [6, 6.07) is 4.86. The van der Waals surface area contributed by atoms with Crippen molar-refractivity contribution in [3.8, 4) is 11.3 Å². The summed E-state index contributed by atoms with van der Waals surface area (Å²) in [6.07, 6.45) is -1.40. The number of rotatable bonds is 5. The fourth-order valence-corrected chi connectivity index (χ4v) is 3.23. The summed E-state index contributed by atoms with van der Waals surface area (Å²) in [5.74, 6) is 0.129. The summed E-state index contributed by atoms with van der Waals surface area (Å²) in [5, 5.41) is 7.23. The third-order valence-corrected chi connectivity index (χ3v) is 4.80. The maximum Gasteiger partial charge on any atom is 0.416 e. The molecule has 0 saturated carbocycles. The number of halogens is 3. The molecule has 152 valence electrons. The van der Waals surface area contributed by atoms with Crippen molar-refractivity contribution in [3.63, 3.8) is 0 Å². The van der Waals surface area contributed by atoms with E-state index >= 15 is 0 Å². The minimum Gasteiger partial charge on any atom is -0.355 e. The quantitative estimate of drug-likeness (QED) is 0.811. The van der Waals surface area contributed by atoms with Gasteiger partial charge in [0, 0.05) is 36.8 Å². The number of carbonyl (C=O) groups excluding carboxylic acids is 1. The Bertz CT molecular complexity index is 807. The van der Waals surface area contributed by atoms with Gasteiger partial charge in [-0.1, -0.05) is 31.1 Å². The van der Waals surface area contributed by atoms with Crippen LogP contribution in [-0.4, -0.2) is 35.1 Å². The molecule has 1 aromatic heterocycles. The van der Waals surface area contributed by atoms with Gasteiger partial charge in [-0.05, 0) is 31.4 Å². The van der Waals surface area contributed by atoms with Crippen LogP contribution < -0.4 is 5.32 Å². The van der Waals surface area contributed by atoms with Gasteiger partial charge in [0.2, 0.25) is 0 Å². The second-order valence-corrected chi connectivity index (χ2v) is 7.30. The highest BCUT2D eigenvalue weighted by Gasteiger charge is 2.31. The highest BCUT2D eigenvalue weighted by molar-refractivity contribution is 5.95. The topological polar surface area (TPSA) is 58.4 Å². The lowest BCUT2D eigenvalue weighted by atomic mass is 10.0. The van der Waals surface area contributed by atoms with E-state index < -0.39 is 11.7 Å². The average Bonchev–Trinajstić information content (AvgIpc) is 3.09. The lowest BCUT2D eigenvalue weighted by Crippen LogP contribution is -2.36. The van der Waals surface area contributed by atoms with Crippen molar-refractivity contribution in [2.45, 2.75) is 51.9 Å². The first-order chi connectivity index (χ1) is 13.3. The second kappa shape index (κ2) is 8.34. The van der Waals surface area contributed by atoms with Crippen LogP contribution in [0.4, 0.5) is 13.2 Å². The Morgan fingerprint density at radius 3 is 2.39 bits per heavy atom. The number of likely N-dealkylation sites (tertiary alicyclic amines) is 1. The van der Waals surface area contributed by atoms with Crippen LogP contribution in [-0.2, 0) is 12.7 Å².